The van der Waals surface area contributed by atoms with E-state index in [1.165, 1.54) is 0 Å². The molecule has 130 valence electrons. The molecule has 4 rings (SSSR count). The molecule has 7 heteroatoms. The summed E-state index contributed by atoms with van der Waals surface area (Å²) < 4.78 is 1.93. The average Bonchev–Trinajstić information content (AvgIpc) is 3.17. The third-order valence-electron chi connectivity index (χ3n) is 4.77. The van der Waals surface area contributed by atoms with Crippen molar-refractivity contribution in [3.05, 3.63) is 59.1 Å². The van der Waals surface area contributed by atoms with Crippen LogP contribution in [0.1, 0.15) is 30.0 Å². The molecule has 3 atom stereocenters. The maximum atomic E-state index is 10.2. The zero-order valence-corrected chi connectivity index (χ0v) is 14.3. The first-order chi connectivity index (χ1) is 12.1. The molecule has 0 radical (unpaired) electrons. The second kappa shape index (κ2) is 6.63. The number of aromatic nitrogens is 3. The second-order valence-electron chi connectivity index (χ2n) is 6.38. The maximum Gasteiger partial charge on any atom is 0.180 e. The van der Waals surface area contributed by atoms with Gasteiger partial charge in [0.15, 0.2) is 11.5 Å². The SMILES string of the molecule is O[C@@H]1[C@H](O)CC[C@H]1c1cnc2c(NCc3cccc(Cl)c3)nccn12. The number of hydrogen-bond acceptors (Lipinski definition) is 5. The van der Waals surface area contributed by atoms with Crippen LogP contribution in [0, 0.1) is 0 Å². The van der Waals surface area contributed by atoms with Gasteiger partial charge in [-0.05, 0) is 30.5 Å². The summed E-state index contributed by atoms with van der Waals surface area (Å²) in [7, 11) is 0. The van der Waals surface area contributed by atoms with Crippen LogP contribution in [0.15, 0.2) is 42.9 Å². The van der Waals surface area contributed by atoms with Crippen molar-refractivity contribution in [2.24, 2.45) is 0 Å². The van der Waals surface area contributed by atoms with Gasteiger partial charge in [-0.3, -0.25) is 4.40 Å². The van der Waals surface area contributed by atoms with Crippen LogP contribution in [-0.2, 0) is 6.54 Å². The molecule has 2 aromatic heterocycles. The molecule has 1 aliphatic rings. The summed E-state index contributed by atoms with van der Waals surface area (Å²) >= 11 is 6.02. The summed E-state index contributed by atoms with van der Waals surface area (Å²) in [4.78, 5) is 8.85. The number of aliphatic hydroxyl groups is 2. The predicted molar refractivity (Wildman–Crippen MR) is 95.8 cm³/mol. The van der Waals surface area contributed by atoms with E-state index in [-0.39, 0.29) is 5.92 Å². The lowest BCUT2D eigenvalue weighted by molar-refractivity contribution is 0.0345. The van der Waals surface area contributed by atoms with Crippen LogP contribution >= 0.6 is 11.6 Å². The molecule has 3 N–H and O–H groups in total. The van der Waals surface area contributed by atoms with Crippen LogP contribution in [0.5, 0.6) is 0 Å². The summed E-state index contributed by atoms with van der Waals surface area (Å²) in [5.74, 6) is 0.551. The lowest BCUT2D eigenvalue weighted by Gasteiger charge is -2.16. The number of anilines is 1. The second-order valence-corrected chi connectivity index (χ2v) is 6.81. The van der Waals surface area contributed by atoms with E-state index in [2.05, 4.69) is 15.3 Å². The number of halogens is 1. The van der Waals surface area contributed by atoms with E-state index in [0.717, 1.165) is 17.7 Å². The molecule has 1 aliphatic carbocycles. The van der Waals surface area contributed by atoms with Crippen LogP contribution in [0.4, 0.5) is 5.82 Å². The summed E-state index contributed by atoms with van der Waals surface area (Å²) in [5, 5.41) is 24.0. The molecule has 3 aromatic rings. The van der Waals surface area contributed by atoms with Gasteiger partial charge in [0.05, 0.1) is 12.2 Å². The first-order valence-corrected chi connectivity index (χ1v) is 8.67. The number of aliphatic hydroxyl groups excluding tert-OH is 2. The minimum atomic E-state index is -0.754. The topological polar surface area (TPSA) is 82.7 Å². The maximum absolute atomic E-state index is 10.2. The Morgan fingerprint density at radius 1 is 1.24 bits per heavy atom. The van der Waals surface area contributed by atoms with Crippen molar-refractivity contribution in [3.63, 3.8) is 0 Å². The largest absolute Gasteiger partial charge is 0.390 e. The van der Waals surface area contributed by atoms with Gasteiger partial charge in [0.1, 0.15) is 0 Å². The molecule has 25 heavy (non-hydrogen) atoms. The molecule has 0 amide bonds. The van der Waals surface area contributed by atoms with Gasteiger partial charge in [0.25, 0.3) is 0 Å². The zero-order valence-electron chi connectivity index (χ0n) is 13.5. The van der Waals surface area contributed by atoms with Gasteiger partial charge in [-0.15, -0.1) is 0 Å². The van der Waals surface area contributed by atoms with E-state index >= 15 is 0 Å². The minimum Gasteiger partial charge on any atom is -0.390 e. The Labute approximate surface area is 150 Å². The number of rotatable bonds is 4. The molecule has 0 aliphatic heterocycles. The smallest absolute Gasteiger partial charge is 0.180 e. The lowest BCUT2D eigenvalue weighted by Crippen LogP contribution is -2.24. The Balaban J connectivity index is 1.61. The standard InChI is InChI=1S/C18H19ClN4O2/c19-12-3-1-2-11(8-12)9-21-17-18-22-10-14(23(18)7-6-20-17)13-4-5-15(24)16(13)25/h1-3,6-8,10,13,15-16,24-25H,4-5,9H2,(H,20,21)/t13-,15+,16-/m0/s1. The van der Waals surface area contributed by atoms with Crippen LogP contribution in [0.3, 0.4) is 0 Å². The molecule has 0 spiro atoms. The highest BCUT2D eigenvalue weighted by Crippen LogP contribution is 2.35. The molecule has 0 bridgehead atoms. The fourth-order valence-corrected chi connectivity index (χ4v) is 3.67. The van der Waals surface area contributed by atoms with Crippen molar-refractivity contribution < 1.29 is 10.2 Å². The molecular weight excluding hydrogens is 340 g/mol. The molecule has 0 saturated heterocycles. The number of benzene rings is 1. The Hall–Kier alpha value is -2.15. The van der Waals surface area contributed by atoms with Crippen LogP contribution in [-0.4, -0.2) is 36.8 Å². The van der Waals surface area contributed by atoms with Crippen molar-refractivity contribution >= 4 is 23.1 Å². The summed E-state index contributed by atoms with van der Waals surface area (Å²) in [6, 6.07) is 7.65. The van der Waals surface area contributed by atoms with E-state index in [1.54, 1.807) is 12.4 Å². The zero-order chi connectivity index (χ0) is 17.4. The van der Waals surface area contributed by atoms with Crippen LogP contribution < -0.4 is 5.32 Å². The molecule has 0 unspecified atom stereocenters. The third-order valence-corrected chi connectivity index (χ3v) is 5.00. The predicted octanol–water partition coefficient (Wildman–Crippen LogP) is 2.59. The number of nitrogens with one attached hydrogen (secondary N) is 1. The summed E-state index contributed by atoms with van der Waals surface area (Å²) in [6.45, 7) is 0.584. The van der Waals surface area contributed by atoms with Gasteiger partial charge >= 0.3 is 0 Å². The highest BCUT2D eigenvalue weighted by atomic mass is 35.5. The quantitative estimate of drug-likeness (QED) is 0.667. The normalized spacial score (nSPS) is 23.2. The Morgan fingerprint density at radius 2 is 2.12 bits per heavy atom. The Kier molecular flexibility index (Phi) is 4.33. The van der Waals surface area contributed by atoms with E-state index in [4.69, 9.17) is 11.6 Å². The van der Waals surface area contributed by atoms with Crippen molar-refractivity contribution in [3.8, 4) is 0 Å². The first kappa shape index (κ1) is 16.3. The molecule has 1 aromatic carbocycles. The molecule has 1 saturated carbocycles. The fraction of sp³-hybridized carbons (Fsp3) is 0.333. The van der Waals surface area contributed by atoms with Crippen molar-refractivity contribution in [2.75, 3.05) is 5.32 Å². The van der Waals surface area contributed by atoms with E-state index < -0.39 is 12.2 Å². The van der Waals surface area contributed by atoms with E-state index in [1.807, 2.05) is 34.9 Å². The molecular formula is C18H19ClN4O2. The summed E-state index contributed by atoms with van der Waals surface area (Å²) in [6.07, 6.45) is 5.21. The summed E-state index contributed by atoms with van der Waals surface area (Å²) in [5.41, 5.74) is 2.65. The van der Waals surface area contributed by atoms with E-state index in [0.29, 0.717) is 29.5 Å². The van der Waals surface area contributed by atoms with Crippen LogP contribution in [0.2, 0.25) is 5.02 Å². The van der Waals surface area contributed by atoms with Gasteiger partial charge in [-0.1, -0.05) is 23.7 Å². The monoisotopic (exact) mass is 358 g/mol. The van der Waals surface area contributed by atoms with Gasteiger partial charge in [0.2, 0.25) is 0 Å². The number of fused-ring (bicyclic) bond motifs is 1. The van der Waals surface area contributed by atoms with Crippen LogP contribution in [0.25, 0.3) is 5.65 Å². The highest BCUT2D eigenvalue weighted by molar-refractivity contribution is 6.30. The molecule has 2 heterocycles. The highest BCUT2D eigenvalue weighted by Gasteiger charge is 2.36. The Bertz CT molecular complexity index is 898. The van der Waals surface area contributed by atoms with Crippen molar-refractivity contribution in [1.29, 1.82) is 0 Å². The average molecular weight is 359 g/mol. The van der Waals surface area contributed by atoms with E-state index in [9.17, 15) is 10.2 Å². The Morgan fingerprint density at radius 3 is 2.88 bits per heavy atom. The lowest BCUT2D eigenvalue weighted by atomic mass is 10.0. The third kappa shape index (κ3) is 3.08. The number of hydrogen-bond donors (Lipinski definition) is 3. The van der Waals surface area contributed by atoms with Crippen molar-refractivity contribution in [2.45, 2.75) is 37.5 Å². The molecule has 1 fully saturated rings. The number of imidazole rings is 1. The fourth-order valence-electron chi connectivity index (χ4n) is 3.45. The first-order valence-electron chi connectivity index (χ1n) is 8.30. The minimum absolute atomic E-state index is 0.117. The number of nitrogens with zero attached hydrogens (tertiary/aromatic N) is 3. The van der Waals surface area contributed by atoms with Gasteiger partial charge < -0.3 is 15.5 Å². The van der Waals surface area contributed by atoms with Gasteiger partial charge in [-0.2, -0.15) is 0 Å². The van der Waals surface area contributed by atoms with Gasteiger partial charge in [-0.25, -0.2) is 9.97 Å². The van der Waals surface area contributed by atoms with Gasteiger partial charge in [0, 0.05) is 41.8 Å². The molecule has 6 nitrogen and oxygen atoms in total. The van der Waals surface area contributed by atoms with Crippen molar-refractivity contribution in [1.82, 2.24) is 14.4 Å².